The van der Waals surface area contributed by atoms with E-state index in [1.165, 1.54) is 12.4 Å². The van der Waals surface area contributed by atoms with Gasteiger partial charge >= 0.3 is 0 Å². The van der Waals surface area contributed by atoms with E-state index >= 15 is 0 Å². The van der Waals surface area contributed by atoms with Crippen LogP contribution in [0.3, 0.4) is 0 Å². The summed E-state index contributed by atoms with van der Waals surface area (Å²) in [7, 11) is 1.76. The second-order valence-corrected chi connectivity index (χ2v) is 7.75. The molecule has 0 saturated heterocycles. The van der Waals surface area contributed by atoms with Crippen molar-refractivity contribution in [1.29, 1.82) is 0 Å². The van der Waals surface area contributed by atoms with Crippen molar-refractivity contribution in [3.63, 3.8) is 0 Å². The van der Waals surface area contributed by atoms with E-state index < -0.39 is 0 Å². The summed E-state index contributed by atoms with van der Waals surface area (Å²) in [4.78, 5) is 33.4. The first kappa shape index (κ1) is 24.0. The van der Waals surface area contributed by atoms with Gasteiger partial charge in [0.15, 0.2) is 0 Å². The number of rotatable bonds is 8. The Labute approximate surface area is 208 Å². The summed E-state index contributed by atoms with van der Waals surface area (Å²) in [5.41, 5.74) is 4.28. The molecule has 2 N–H and O–H groups in total. The van der Waals surface area contributed by atoms with Crippen LogP contribution in [0.25, 0.3) is 16.8 Å². The maximum absolute atomic E-state index is 13.0. The van der Waals surface area contributed by atoms with Crippen molar-refractivity contribution in [2.75, 3.05) is 10.6 Å². The molecule has 0 unspecified atom stereocenters. The number of carbonyl (C=O) groups is 2. The molecule has 178 valence electrons. The zero-order valence-electron chi connectivity index (χ0n) is 19.7. The van der Waals surface area contributed by atoms with Gasteiger partial charge < -0.3 is 10.6 Å². The van der Waals surface area contributed by atoms with E-state index in [0.29, 0.717) is 39.5 Å². The summed E-state index contributed by atoms with van der Waals surface area (Å²) in [6.45, 7) is 7.58. The summed E-state index contributed by atoms with van der Waals surface area (Å²) in [6.07, 6.45) is 7.69. The quantitative estimate of drug-likeness (QED) is 0.278. The molecule has 0 aliphatic carbocycles. The Balaban J connectivity index is 1.49. The fourth-order valence-corrected chi connectivity index (χ4v) is 3.57. The minimum atomic E-state index is -0.333. The zero-order valence-corrected chi connectivity index (χ0v) is 19.7. The molecule has 0 bridgehead atoms. The molecular weight excluding hydrogens is 452 g/mol. The van der Waals surface area contributed by atoms with E-state index in [1.54, 1.807) is 60.5 Å². The van der Waals surface area contributed by atoms with Gasteiger partial charge in [0, 0.05) is 53.5 Å². The molecule has 36 heavy (non-hydrogen) atoms. The third-order valence-electron chi connectivity index (χ3n) is 5.41. The number of allylic oxidation sites excluding steroid dienone is 2. The minimum Gasteiger partial charge on any atom is -0.322 e. The van der Waals surface area contributed by atoms with Gasteiger partial charge in [0.2, 0.25) is 0 Å². The molecule has 0 atom stereocenters. The van der Waals surface area contributed by atoms with Crippen LogP contribution >= 0.6 is 0 Å². The van der Waals surface area contributed by atoms with E-state index in [2.05, 4.69) is 38.9 Å². The lowest BCUT2D eigenvalue weighted by molar-refractivity contribution is -0.112. The highest BCUT2D eigenvalue weighted by atomic mass is 16.2. The third-order valence-corrected chi connectivity index (χ3v) is 5.41. The molecule has 0 aliphatic rings. The number of amides is 2. The van der Waals surface area contributed by atoms with Crippen LogP contribution in [0.5, 0.6) is 0 Å². The topological polar surface area (TPSA) is 102 Å². The van der Waals surface area contributed by atoms with Gasteiger partial charge in [-0.1, -0.05) is 55.6 Å². The van der Waals surface area contributed by atoms with E-state index in [0.717, 1.165) is 5.56 Å². The van der Waals surface area contributed by atoms with Crippen molar-refractivity contribution in [1.82, 2.24) is 19.7 Å². The lowest BCUT2D eigenvalue weighted by atomic mass is 10.0. The number of benzene rings is 2. The molecule has 4 aromatic rings. The number of hydrogen-bond donors (Lipinski definition) is 2. The normalized spacial score (nSPS) is 11.2. The third kappa shape index (κ3) is 5.34. The van der Waals surface area contributed by atoms with Gasteiger partial charge in [-0.15, -0.1) is 0 Å². The molecule has 8 heteroatoms. The summed E-state index contributed by atoms with van der Waals surface area (Å²) in [6, 6.07) is 18.0. The molecule has 2 amide bonds. The first-order valence-corrected chi connectivity index (χ1v) is 11.1. The van der Waals surface area contributed by atoms with E-state index in [-0.39, 0.29) is 11.8 Å². The molecular formula is C28H24N6O2. The number of nitrogens with one attached hydrogen (secondary N) is 2. The van der Waals surface area contributed by atoms with Crippen molar-refractivity contribution in [3.05, 3.63) is 121 Å². The average molecular weight is 477 g/mol. The smallest absolute Gasteiger partial charge is 0.256 e. The molecule has 0 radical (unpaired) electrons. The van der Waals surface area contributed by atoms with Crippen LogP contribution in [0.15, 0.2) is 110 Å². The second kappa shape index (κ2) is 10.9. The fraction of sp³-hybridized carbons (Fsp3) is 0.0357. The molecule has 2 aromatic heterocycles. The van der Waals surface area contributed by atoms with Crippen molar-refractivity contribution in [2.45, 2.75) is 0 Å². The second-order valence-electron chi connectivity index (χ2n) is 7.75. The van der Waals surface area contributed by atoms with Crippen LogP contribution < -0.4 is 10.6 Å². The highest BCUT2D eigenvalue weighted by Crippen LogP contribution is 2.25. The van der Waals surface area contributed by atoms with E-state index in [4.69, 9.17) is 0 Å². The van der Waals surface area contributed by atoms with Gasteiger partial charge in [-0.05, 0) is 29.8 Å². The number of carbonyl (C=O) groups excluding carboxylic acids is 2. The largest absolute Gasteiger partial charge is 0.322 e. The SMILES string of the molecule is C=C/C(C(=O)Nc1ccc(-c2cc(NC(=O)c3ccccc3)n(C)n2)cc1)=C(\C=C)c1cncnc1. The van der Waals surface area contributed by atoms with Gasteiger partial charge in [0.05, 0.1) is 5.69 Å². The van der Waals surface area contributed by atoms with Crippen molar-refractivity contribution in [2.24, 2.45) is 7.05 Å². The van der Waals surface area contributed by atoms with Crippen molar-refractivity contribution >= 4 is 28.9 Å². The Morgan fingerprint density at radius 3 is 2.22 bits per heavy atom. The van der Waals surface area contributed by atoms with Crippen LogP contribution in [0.1, 0.15) is 15.9 Å². The summed E-state index contributed by atoms with van der Waals surface area (Å²) >= 11 is 0. The van der Waals surface area contributed by atoms with Crippen LogP contribution in [0.2, 0.25) is 0 Å². The van der Waals surface area contributed by atoms with E-state index in [9.17, 15) is 9.59 Å². The van der Waals surface area contributed by atoms with Gasteiger partial charge in [-0.25, -0.2) is 9.97 Å². The molecule has 4 rings (SSSR count). The standard InChI is InChI=1S/C28H24N6O2/c1-4-23(21-16-29-18-30-17-21)24(5-2)28(36)31-22-13-11-19(12-14-22)25-15-26(34(3)33-25)32-27(35)20-9-7-6-8-10-20/h4-18H,1-2H2,3H3,(H,31,36)(H,32,35)/b24-23-. The Hall–Kier alpha value is -5.11. The molecule has 0 saturated carbocycles. The highest BCUT2D eigenvalue weighted by molar-refractivity contribution is 6.12. The number of aryl methyl sites for hydroxylation is 1. The van der Waals surface area contributed by atoms with Crippen LogP contribution in [0.4, 0.5) is 11.5 Å². The molecule has 0 fully saturated rings. The predicted octanol–water partition coefficient (Wildman–Crippen LogP) is 4.89. The lowest BCUT2D eigenvalue weighted by Gasteiger charge is -2.10. The monoisotopic (exact) mass is 476 g/mol. The number of aromatic nitrogens is 4. The van der Waals surface area contributed by atoms with Gasteiger partial charge in [0.1, 0.15) is 12.1 Å². The summed E-state index contributed by atoms with van der Waals surface area (Å²) in [5, 5.41) is 10.3. The highest BCUT2D eigenvalue weighted by Gasteiger charge is 2.14. The Morgan fingerprint density at radius 1 is 0.889 bits per heavy atom. The summed E-state index contributed by atoms with van der Waals surface area (Å²) < 4.78 is 1.61. The molecule has 0 aliphatic heterocycles. The lowest BCUT2D eigenvalue weighted by Crippen LogP contribution is -2.14. The van der Waals surface area contributed by atoms with Crippen LogP contribution in [0, 0.1) is 0 Å². The van der Waals surface area contributed by atoms with Crippen molar-refractivity contribution in [3.8, 4) is 11.3 Å². The summed E-state index contributed by atoms with van der Waals surface area (Å²) in [5.74, 6) is 0.0225. The van der Waals surface area contributed by atoms with Crippen LogP contribution in [-0.4, -0.2) is 31.6 Å². The Morgan fingerprint density at radius 2 is 1.58 bits per heavy atom. The number of nitrogens with zero attached hydrogens (tertiary/aromatic N) is 4. The average Bonchev–Trinajstić information content (AvgIpc) is 3.28. The fourth-order valence-electron chi connectivity index (χ4n) is 3.57. The first-order valence-electron chi connectivity index (χ1n) is 11.1. The number of hydrogen-bond acceptors (Lipinski definition) is 5. The molecule has 2 heterocycles. The number of anilines is 2. The molecule has 8 nitrogen and oxygen atoms in total. The van der Waals surface area contributed by atoms with Gasteiger partial charge in [-0.2, -0.15) is 5.10 Å². The Bertz CT molecular complexity index is 1440. The molecule has 0 spiro atoms. The predicted molar refractivity (Wildman–Crippen MR) is 141 cm³/mol. The van der Waals surface area contributed by atoms with Crippen LogP contribution in [-0.2, 0) is 11.8 Å². The Kier molecular flexibility index (Phi) is 7.26. The van der Waals surface area contributed by atoms with E-state index in [1.807, 2.05) is 30.3 Å². The minimum absolute atomic E-state index is 0.213. The first-order chi connectivity index (χ1) is 17.5. The molecule has 2 aromatic carbocycles. The zero-order chi connectivity index (χ0) is 25.5. The van der Waals surface area contributed by atoms with Gasteiger partial charge in [-0.3, -0.25) is 14.3 Å². The van der Waals surface area contributed by atoms with Crippen molar-refractivity contribution < 1.29 is 9.59 Å². The maximum Gasteiger partial charge on any atom is 0.256 e. The van der Waals surface area contributed by atoms with Gasteiger partial charge in [0.25, 0.3) is 11.8 Å². The maximum atomic E-state index is 13.0.